The first-order chi connectivity index (χ1) is 20.5. The molecule has 0 bridgehead atoms. The summed E-state index contributed by atoms with van der Waals surface area (Å²) in [6.45, 7) is 2.10. The zero-order valence-electron chi connectivity index (χ0n) is 23.0. The van der Waals surface area contributed by atoms with Crippen molar-refractivity contribution in [2.45, 2.75) is 13.5 Å². The molecule has 1 aromatic heterocycles. The number of ketones is 1. The zero-order chi connectivity index (χ0) is 29.1. The number of para-hydroxylation sites is 1. The van der Waals surface area contributed by atoms with Crippen molar-refractivity contribution < 1.29 is 33.0 Å². The summed E-state index contributed by atoms with van der Waals surface area (Å²) < 4.78 is 28.6. The molecule has 0 atom stereocenters. The summed E-state index contributed by atoms with van der Waals surface area (Å²) in [5, 5.41) is 0.586. The van der Waals surface area contributed by atoms with E-state index in [0.717, 1.165) is 16.9 Å². The van der Waals surface area contributed by atoms with E-state index < -0.39 is 5.97 Å². The third-order valence-corrected chi connectivity index (χ3v) is 6.80. The van der Waals surface area contributed by atoms with Gasteiger partial charge in [0.05, 0.1) is 12.7 Å². The van der Waals surface area contributed by atoms with Gasteiger partial charge in [0.1, 0.15) is 46.5 Å². The number of fused-ring (bicyclic) bond motifs is 2. The van der Waals surface area contributed by atoms with Crippen molar-refractivity contribution in [1.82, 2.24) is 0 Å². The molecule has 5 aromatic rings. The number of Topliss-reactive ketones (excluding diaryl/α,β-unsaturated/α-hetero) is 1. The molecule has 1 aliphatic heterocycles. The van der Waals surface area contributed by atoms with Crippen LogP contribution in [0.3, 0.4) is 0 Å². The minimum Gasteiger partial charge on any atom is -0.496 e. The number of benzene rings is 4. The molecule has 42 heavy (non-hydrogen) atoms. The molecule has 6 rings (SSSR count). The lowest BCUT2D eigenvalue weighted by molar-refractivity contribution is 0.0734. The molecule has 0 aliphatic carbocycles. The Morgan fingerprint density at radius 1 is 0.905 bits per heavy atom. The largest absolute Gasteiger partial charge is 0.496 e. The highest BCUT2D eigenvalue weighted by Crippen LogP contribution is 2.36. The number of rotatable bonds is 8. The molecule has 0 N–H and O–H groups in total. The van der Waals surface area contributed by atoms with Crippen LogP contribution in [0.5, 0.6) is 23.0 Å². The molecule has 1 aliphatic rings. The van der Waals surface area contributed by atoms with Crippen molar-refractivity contribution in [3.05, 3.63) is 137 Å². The van der Waals surface area contributed by atoms with Gasteiger partial charge < -0.3 is 23.4 Å². The lowest BCUT2D eigenvalue weighted by atomic mass is 10.1. The number of allylic oxidation sites excluding steroid dienone is 3. The maximum atomic E-state index is 13.3. The van der Waals surface area contributed by atoms with Gasteiger partial charge in [0.2, 0.25) is 5.78 Å². The van der Waals surface area contributed by atoms with Crippen molar-refractivity contribution >= 4 is 28.8 Å². The number of carbonyl (C=O) groups excluding carboxylic acids is 2. The van der Waals surface area contributed by atoms with Crippen LogP contribution in [0.2, 0.25) is 0 Å². The third kappa shape index (κ3) is 5.40. The second kappa shape index (κ2) is 11.5. The smallest absolute Gasteiger partial charge is 0.347 e. The van der Waals surface area contributed by atoms with Crippen LogP contribution in [0, 0.1) is 6.92 Å². The fourth-order valence-electron chi connectivity index (χ4n) is 4.73. The quantitative estimate of drug-likeness (QED) is 0.110. The van der Waals surface area contributed by atoms with Crippen LogP contribution < -0.4 is 18.9 Å². The second-order valence-corrected chi connectivity index (χ2v) is 9.58. The summed E-state index contributed by atoms with van der Waals surface area (Å²) in [6.07, 6.45) is 5.15. The first-order valence-corrected chi connectivity index (χ1v) is 13.3. The van der Waals surface area contributed by atoms with Crippen LogP contribution in [0.25, 0.3) is 17.0 Å². The van der Waals surface area contributed by atoms with Crippen molar-refractivity contribution in [1.29, 1.82) is 0 Å². The lowest BCUT2D eigenvalue weighted by Gasteiger charge is -2.07. The molecular formula is C35H26O7. The Morgan fingerprint density at radius 3 is 2.52 bits per heavy atom. The highest BCUT2D eigenvalue weighted by atomic mass is 16.5. The average Bonchev–Trinajstić information content (AvgIpc) is 3.51. The fraction of sp³-hybridized carbons (Fsp3) is 0.0857. The number of hydrogen-bond donors (Lipinski definition) is 0. The highest BCUT2D eigenvalue weighted by Gasteiger charge is 2.28. The fourth-order valence-corrected chi connectivity index (χ4v) is 4.73. The number of esters is 1. The van der Waals surface area contributed by atoms with E-state index in [-0.39, 0.29) is 17.3 Å². The first kappa shape index (κ1) is 26.7. The monoisotopic (exact) mass is 558 g/mol. The summed E-state index contributed by atoms with van der Waals surface area (Å²) in [5.74, 6) is 1.62. The van der Waals surface area contributed by atoms with Crippen LogP contribution >= 0.6 is 0 Å². The molecule has 4 aromatic carbocycles. The Balaban J connectivity index is 1.18. The predicted molar refractivity (Wildman–Crippen MR) is 158 cm³/mol. The number of methoxy groups -OCH3 is 1. The number of carbonyl (C=O) groups is 2. The van der Waals surface area contributed by atoms with Gasteiger partial charge in [0, 0.05) is 17.0 Å². The van der Waals surface area contributed by atoms with Gasteiger partial charge in [0.15, 0.2) is 5.76 Å². The molecule has 0 amide bonds. The lowest BCUT2D eigenvalue weighted by Crippen LogP contribution is -2.09. The summed E-state index contributed by atoms with van der Waals surface area (Å²) in [5.41, 5.74) is 3.13. The Bertz CT molecular complexity index is 1860. The van der Waals surface area contributed by atoms with E-state index in [0.29, 0.717) is 46.0 Å². The Morgan fingerprint density at radius 2 is 1.69 bits per heavy atom. The SMILES string of the molecule is COc1ccccc1/C=C/C=C1\Oc2cc(OC(=O)c3c(C)oc4ccc(OCc5ccccc5)cc34)ccc2C1=O. The molecule has 0 saturated carbocycles. The van der Waals surface area contributed by atoms with E-state index in [1.54, 1.807) is 56.5 Å². The Kier molecular flexibility index (Phi) is 7.30. The van der Waals surface area contributed by atoms with Crippen LogP contribution in [0.4, 0.5) is 0 Å². The molecule has 7 nitrogen and oxygen atoms in total. The Hall–Kier alpha value is -5.56. The van der Waals surface area contributed by atoms with E-state index in [9.17, 15) is 9.59 Å². The van der Waals surface area contributed by atoms with Gasteiger partial charge in [-0.25, -0.2) is 4.79 Å². The van der Waals surface area contributed by atoms with Crippen molar-refractivity contribution in [2.75, 3.05) is 7.11 Å². The predicted octanol–water partition coefficient (Wildman–Crippen LogP) is 7.72. The number of hydrogen-bond acceptors (Lipinski definition) is 7. The van der Waals surface area contributed by atoms with Crippen LogP contribution in [0.15, 0.2) is 113 Å². The summed E-state index contributed by atoms with van der Waals surface area (Å²) in [4.78, 5) is 26.2. The van der Waals surface area contributed by atoms with E-state index in [1.165, 1.54) is 6.07 Å². The van der Waals surface area contributed by atoms with Crippen molar-refractivity contribution in [2.24, 2.45) is 0 Å². The summed E-state index contributed by atoms with van der Waals surface area (Å²) >= 11 is 0. The average molecular weight is 559 g/mol. The molecule has 0 saturated heterocycles. The van der Waals surface area contributed by atoms with Gasteiger partial charge in [0.25, 0.3) is 0 Å². The number of aryl methyl sites for hydroxylation is 1. The molecule has 0 unspecified atom stereocenters. The van der Waals surface area contributed by atoms with Gasteiger partial charge in [-0.3, -0.25) is 4.79 Å². The molecule has 0 fully saturated rings. The zero-order valence-corrected chi connectivity index (χ0v) is 23.0. The van der Waals surface area contributed by atoms with Crippen LogP contribution in [-0.2, 0) is 6.61 Å². The van der Waals surface area contributed by atoms with E-state index in [1.807, 2.05) is 60.7 Å². The number of ether oxygens (including phenoxy) is 4. The maximum Gasteiger partial charge on any atom is 0.347 e. The maximum absolute atomic E-state index is 13.3. The van der Waals surface area contributed by atoms with Crippen LogP contribution in [0.1, 0.15) is 37.6 Å². The van der Waals surface area contributed by atoms with E-state index in [4.69, 9.17) is 23.4 Å². The third-order valence-electron chi connectivity index (χ3n) is 6.80. The van der Waals surface area contributed by atoms with Gasteiger partial charge >= 0.3 is 5.97 Å². The molecular weight excluding hydrogens is 532 g/mol. The minimum atomic E-state index is -0.591. The normalized spacial score (nSPS) is 13.4. The van der Waals surface area contributed by atoms with E-state index in [2.05, 4.69) is 0 Å². The molecule has 2 heterocycles. The van der Waals surface area contributed by atoms with E-state index >= 15 is 0 Å². The molecule has 0 spiro atoms. The summed E-state index contributed by atoms with van der Waals surface area (Å²) in [7, 11) is 1.60. The topological polar surface area (TPSA) is 84.2 Å². The highest BCUT2D eigenvalue weighted by molar-refractivity contribution is 6.12. The van der Waals surface area contributed by atoms with Crippen molar-refractivity contribution in [3.63, 3.8) is 0 Å². The second-order valence-electron chi connectivity index (χ2n) is 9.58. The summed E-state index contributed by atoms with van der Waals surface area (Å²) in [6, 6.07) is 27.4. The Labute approximate surface area is 242 Å². The molecule has 208 valence electrons. The first-order valence-electron chi connectivity index (χ1n) is 13.3. The van der Waals surface area contributed by atoms with Gasteiger partial charge in [-0.15, -0.1) is 0 Å². The van der Waals surface area contributed by atoms with Gasteiger partial charge in [-0.1, -0.05) is 60.7 Å². The van der Waals surface area contributed by atoms with Gasteiger partial charge in [-0.2, -0.15) is 0 Å². The van der Waals surface area contributed by atoms with Crippen molar-refractivity contribution in [3.8, 4) is 23.0 Å². The van der Waals surface area contributed by atoms with Gasteiger partial charge in [-0.05, 0) is 55.0 Å². The molecule has 7 heteroatoms. The molecule has 0 radical (unpaired) electrons. The van der Waals surface area contributed by atoms with Crippen LogP contribution in [-0.4, -0.2) is 18.9 Å². The minimum absolute atomic E-state index is 0.166. The number of furan rings is 1. The standard InChI is InChI=1S/C35H26O7/c1-22-33(28-19-25(16-18-30(28)40-22)39-21-23-9-4-3-5-10-23)35(37)41-26-15-17-27-32(20-26)42-31(34(27)36)14-8-12-24-11-6-7-13-29(24)38-2/h3-20H,21H2,1-2H3/b12-8+,31-14-.